The van der Waals surface area contributed by atoms with E-state index in [1.54, 1.807) is 0 Å². The molecule has 116 valence electrons. The van der Waals surface area contributed by atoms with Gasteiger partial charge in [-0.1, -0.05) is 56.3 Å². The Hall–Kier alpha value is -2.13. The third-order valence-corrected chi connectivity index (χ3v) is 3.76. The Labute approximate surface area is 132 Å². The van der Waals surface area contributed by atoms with Crippen LogP contribution < -0.4 is 10.6 Å². The first-order valence-corrected chi connectivity index (χ1v) is 7.81. The van der Waals surface area contributed by atoms with Gasteiger partial charge in [0.1, 0.15) is 6.04 Å². The molecule has 0 heterocycles. The number of hydrogen-bond donors (Lipinski definition) is 2. The average molecular weight is 297 g/mol. The molecule has 0 aliphatic rings. The van der Waals surface area contributed by atoms with Crippen molar-refractivity contribution < 1.29 is 10.1 Å². The van der Waals surface area contributed by atoms with E-state index in [9.17, 15) is 4.79 Å². The van der Waals surface area contributed by atoms with Crippen LogP contribution in [0.15, 0.2) is 54.6 Å². The van der Waals surface area contributed by atoms with E-state index >= 15 is 0 Å². The Morgan fingerprint density at radius 3 is 2.45 bits per heavy atom. The monoisotopic (exact) mass is 297 g/mol. The van der Waals surface area contributed by atoms with Gasteiger partial charge in [0.05, 0.1) is 0 Å². The van der Waals surface area contributed by atoms with Gasteiger partial charge in [0.25, 0.3) is 5.91 Å². The largest absolute Gasteiger partial charge is 0.332 e. The van der Waals surface area contributed by atoms with Crippen LogP contribution in [-0.2, 0) is 4.79 Å². The molecule has 3 nitrogen and oxygen atoms in total. The fourth-order valence-corrected chi connectivity index (χ4v) is 2.64. The molecule has 1 atom stereocenters. The van der Waals surface area contributed by atoms with Crippen molar-refractivity contribution in [3.05, 3.63) is 65.7 Å². The maximum Gasteiger partial charge on any atom is 0.279 e. The van der Waals surface area contributed by atoms with Gasteiger partial charge < -0.3 is 10.6 Å². The lowest BCUT2D eigenvalue weighted by molar-refractivity contribution is -0.692. The lowest BCUT2D eigenvalue weighted by Crippen LogP contribution is -2.88. The summed E-state index contributed by atoms with van der Waals surface area (Å²) in [5.74, 6) is 0.501. The third-order valence-electron chi connectivity index (χ3n) is 3.76. The Bertz CT molecular complexity index is 608. The first kappa shape index (κ1) is 16.2. The number of hydrogen-bond acceptors (Lipinski definition) is 1. The van der Waals surface area contributed by atoms with Crippen molar-refractivity contribution in [2.24, 2.45) is 5.92 Å². The first-order chi connectivity index (χ1) is 10.6. The number of aryl methyl sites for hydroxylation is 1. The number of benzene rings is 2. The Kier molecular flexibility index (Phi) is 5.73. The maximum absolute atomic E-state index is 12.1. The zero-order valence-corrected chi connectivity index (χ0v) is 13.5. The van der Waals surface area contributed by atoms with Crippen molar-refractivity contribution in [2.45, 2.75) is 26.8 Å². The van der Waals surface area contributed by atoms with Crippen LogP contribution in [-0.4, -0.2) is 12.5 Å². The highest BCUT2D eigenvalue weighted by Crippen LogP contribution is 2.16. The predicted octanol–water partition coefficient (Wildman–Crippen LogP) is 2.89. The second-order valence-corrected chi connectivity index (χ2v) is 6.04. The SMILES string of the molecule is Cc1cccc(NC(=O)C[NH2+][C@H](c2ccccc2)C(C)C)c1. The number of nitrogens with one attached hydrogen (secondary N) is 1. The van der Waals surface area contributed by atoms with Gasteiger partial charge in [-0.05, 0) is 24.6 Å². The van der Waals surface area contributed by atoms with E-state index < -0.39 is 0 Å². The summed E-state index contributed by atoms with van der Waals surface area (Å²) in [6, 6.07) is 18.5. The molecule has 0 aliphatic heterocycles. The van der Waals surface area contributed by atoms with Crippen LogP contribution in [0.3, 0.4) is 0 Å². The summed E-state index contributed by atoms with van der Waals surface area (Å²) in [5, 5.41) is 5.07. The molecule has 0 spiro atoms. The van der Waals surface area contributed by atoms with Gasteiger partial charge in [-0.25, -0.2) is 0 Å². The summed E-state index contributed by atoms with van der Waals surface area (Å²) in [6.45, 7) is 6.82. The number of anilines is 1. The molecule has 3 N–H and O–H groups in total. The molecule has 0 fully saturated rings. The second-order valence-electron chi connectivity index (χ2n) is 6.04. The number of amides is 1. The van der Waals surface area contributed by atoms with Gasteiger partial charge in [-0.15, -0.1) is 0 Å². The zero-order valence-electron chi connectivity index (χ0n) is 13.5. The zero-order chi connectivity index (χ0) is 15.9. The van der Waals surface area contributed by atoms with Crippen molar-refractivity contribution in [3.63, 3.8) is 0 Å². The highest BCUT2D eigenvalue weighted by Gasteiger charge is 2.20. The summed E-state index contributed by atoms with van der Waals surface area (Å²) in [5.41, 5.74) is 3.27. The summed E-state index contributed by atoms with van der Waals surface area (Å²) >= 11 is 0. The molecule has 1 amide bonds. The van der Waals surface area contributed by atoms with E-state index in [0.717, 1.165) is 11.3 Å². The normalized spacial score (nSPS) is 12.2. The van der Waals surface area contributed by atoms with E-state index in [4.69, 9.17) is 0 Å². The standard InChI is InChI=1S/C19H24N2O/c1-14(2)19(16-9-5-4-6-10-16)20-13-18(22)21-17-11-7-8-15(3)12-17/h4-12,14,19-20H,13H2,1-3H3,(H,21,22)/p+1/t19-/m0/s1. The van der Waals surface area contributed by atoms with Crippen LogP contribution in [0.1, 0.15) is 31.0 Å². The number of carbonyl (C=O) groups excluding carboxylic acids is 1. The molecule has 2 rings (SSSR count). The van der Waals surface area contributed by atoms with E-state index in [-0.39, 0.29) is 5.91 Å². The van der Waals surface area contributed by atoms with Crippen LogP contribution in [0.25, 0.3) is 0 Å². The van der Waals surface area contributed by atoms with Crippen molar-refractivity contribution in [3.8, 4) is 0 Å². The molecule has 2 aromatic carbocycles. The van der Waals surface area contributed by atoms with Gasteiger partial charge in [0, 0.05) is 17.2 Å². The van der Waals surface area contributed by atoms with Crippen molar-refractivity contribution in [1.82, 2.24) is 0 Å². The van der Waals surface area contributed by atoms with Crippen molar-refractivity contribution >= 4 is 11.6 Å². The molecule has 0 aromatic heterocycles. The summed E-state index contributed by atoms with van der Waals surface area (Å²) in [4.78, 5) is 12.1. The third kappa shape index (κ3) is 4.71. The quantitative estimate of drug-likeness (QED) is 0.846. The average Bonchev–Trinajstić information content (AvgIpc) is 2.48. The highest BCUT2D eigenvalue weighted by molar-refractivity contribution is 5.91. The Balaban J connectivity index is 1.94. The molecule has 0 saturated heterocycles. The minimum Gasteiger partial charge on any atom is -0.332 e. The minimum atomic E-state index is 0.0344. The first-order valence-electron chi connectivity index (χ1n) is 7.81. The predicted molar refractivity (Wildman–Crippen MR) is 90.6 cm³/mol. The van der Waals surface area contributed by atoms with Crippen LogP contribution in [0.5, 0.6) is 0 Å². The molecule has 2 aromatic rings. The van der Waals surface area contributed by atoms with Crippen LogP contribution in [0.2, 0.25) is 0 Å². The summed E-state index contributed by atoms with van der Waals surface area (Å²) in [6.07, 6.45) is 0. The molecule has 0 bridgehead atoms. The molecule has 22 heavy (non-hydrogen) atoms. The van der Waals surface area contributed by atoms with Gasteiger partial charge in [-0.2, -0.15) is 0 Å². The van der Waals surface area contributed by atoms with Crippen LogP contribution in [0, 0.1) is 12.8 Å². The molecule has 0 saturated carbocycles. The molecular formula is C19H25N2O+. The van der Waals surface area contributed by atoms with E-state index in [1.807, 2.05) is 49.4 Å². The maximum atomic E-state index is 12.1. The van der Waals surface area contributed by atoms with Gasteiger partial charge >= 0.3 is 0 Å². The fourth-order valence-electron chi connectivity index (χ4n) is 2.64. The minimum absolute atomic E-state index is 0.0344. The Morgan fingerprint density at radius 1 is 1.09 bits per heavy atom. The second kappa shape index (κ2) is 7.76. The smallest absolute Gasteiger partial charge is 0.279 e. The number of quaternary nitrogens is 1. The van der Waals surface area contributed by atoms with Crippen LogP contribution >= 0.6 is 0 Å². The molecule has 0 aliphatic carbocycles. The summed E-state index contributed by atoms with van der Waals surface area (Å²) in [7, 11) is 0. The van der Waals surface area contributed by atoms with Gasteiger partial charge in [0.2, 0.25) is 0 Å². The van der Waals surface area contributed by atoms with Crippen LogP contribution in [0.4, 0.5) is 5.69 Å². The number of nitrogens with two attached hydrogens (primary N) is 1. The molecule has 3 heteroatoms. The van der Waals surface area contributed by atoms with E-state index in [0.29, 0.717) is 18.5 Å². The topological polar surface area (TPSA) is 45.7 Å². The highest BCUT2D eigenvalue weighted by atomic mass is 16.1. The van der Waals surface area contributed by atoms with E-state index in [2.05, 4.69) is 36.6 Å². The number of rotatable bonds is 6. The van der Waals surface area contributed by atoms with E-state index in [1.165, 1.54) is 5.56 Å². The number of carbonyl (C=O) groups is 1. The Morgan fingerprint density at radius 2 is 1.82 bits per heavy atom. The molecular weight excluding hydrogens is 272 g/mol. The van der Waals surface area contributed by atoms with Gasteiger partial charge in [-0.3, -0.25) is 4.79 Å². The lowest BCUT2D eigenvalue weighted by atomic mass is 9.96. The van der Waals surface area contributed by atoms with Gasteiger partial charge in [0.15, 0.2) is 6.54 Å². The van der Waals surface area contributed by atoms with Crippen molar-refractivity contribution in [2.75, 3.05) is 11.9 Å². The van der Waals surface area contributed by atoms with Crippen molar-refractivity contribution in [1.29, 1.82) is 0 Å². The lowest BCUT2D eigenvalue weighted by Gasteiger charge is -2.19. The molecule has 0 radical (unpaired) electrons. The summed E-state index contributed by atoms with van der Waals surface area (Å²) < 4.78 is 0. The fraction of sp³-hybridized carbons (Fsp3) is 0.316. The molecule has 0 unspecified atom stereocenters.